The van der Waals surface area contributed by atoms with E-state index in [9.17, 15) is 0 Å². The summed E-state index contributed by atoms with van der Waals surface area (Å²) in [6, 6.07) is 5.69. The van der Waals surface area contributed by atoms with Crippen molar-refractivity contribution in [1.29, 1.82) is 0 Å². The Morgan fingerprint density at radius 2 is 2.10 bits per heavy atom. The normalized spacial score (nSPS) is 10.4. The van der Waals surface area contributed by atoms with Gasteiger partial charge in [-0.15, -0.1) is 0 Å². The van der Waals surface area contributed by atoms with Gasteiger partial charge in [0.15, 0.2) is 0 Å². The summed E-state index contributed by atoms with van der Waals surface area (Å²) >= 11 is 0. The largest absolute Gasteiger partial charge is 0.368 e. The van der Waals surface area contributed by atoms with Crippen LogP contribution in [0.2, 0.25) is 0 Å². The van der Waals surface area contributed by atoms with E-state index in [-0.39, 0.29) is 5.95 Å². The van der Waals surface area contributed by atoms with Crippen LogP contribution in [0.15, 0.2) is 43.1 Å². The van der Waals surface area contributed by atoms with Gasteiger partial charge in [0, 0.05) is 18.6 Å². The number of nitrogens with zero attached hydrogens (tertiary/aromatic N) is 6. The number of nitrogens with two attached hydrogens (primary N) is 1. The Kier molecular flexibility index (Phi) is 3.19. The van der Waals surface area contributed by atoms with Gasteiger partial charge in [-0.2, -0.15) is 15.0 Å². The molecule has 0 aliphatic carbocycles. The molecule has 8 heteroatoms. The Hall–Kier alpha value is -3.03. The number of hydrogen-bond acceptors (Lipinski definition) is 7. The zero-order chi connectivity index (χ0) is 13.8. The van der Waals surface area contributed by atoms with Crippen molar-refractivity contribution in [2.45, 2.75) is 6.54 Å². The van der Waals surface area contributed by atoms with E-state index in [2.05, 4.69) is 30.2 Å². The molecule has 3 aromatic heterocycles. The minimum Gasteiger partial charge on any atom is -0.368 e. The van der Waals surface area contributed by atoms with Gasteiger partial charge in [-0.3, -0.25) is 9.55 Å². The molecule has 0 aliphatic heterocycles. The first kappa shape index (κ1) is 12.0. The lowest BCUT2D eigenvalue weighted by Crippen LogP contribution is -2.11. The van der Waals surface area contributed by atoms with Crippen molar-refractivity contribution in [3.63, 3.8) is 0 Å². The first-order valence-electron chi connectivity index (χ1n) is 5.95. The third-order valence-electron chi connectivity index (χ3n) is 2.53. The van der Waals surface area contributed by atoms with Crippen molar-refractivity contribution in [2.75, 3.05) is 11.1 Å². The van der Waals surface area contributed by atoms with E-state index in [1.165, 1.54) is 0 Å². The predicted molar refractivity (Wildman–Crippen MR) is 72.9 cm³/mol. The van der Waals surface area contributed by atoms with Crippen molar-refractivity contribution in [2.24, 2.45) is 0 Å². The lowest BCUT2D eigenvalue weighted by Gasteiger charge is -2.07. The average Bonchev–Trinajstić information content (AvgIpc) is 3.00. The van der Waals surface area contributed by atoms with Crippen molar-refractivity contribution < 1.29 is 0 Å². The van der Waals surface area contributed by atoms with E-state index in [1.807, 2.05) is 18.2 Å². The summed E-state index contributed by atoms with van der Waals surface area (Å²) in [6.07, 6.45) is 6.70. The Balaban J connectivity index is 1.80. The molecule has 0 aromatic carbocycles. The Morgan fingerprint density at radius 3 is 2.85 bits per heavy atom. The van der Waals surface area contributed by atoms with Gasteiger partial charge in [0.2, 0.25) is 17.8 Å². The van der Waals surface area contributed by atoms with E-state index in [1.54, 1.807) is 29.5 Å². The van der Waals surface area contributed by atoms with Crippen molar-refractivity contribution >= 4 is 11.9 Å². The number of nitrogens with one attached hydrogen (secondary N) is 1. The topological polar surface area (TPSA) is 107 Å². The van der Waals surface area contributed by atoms with Gasteiger partial charge in [0.1, 0.15) is 6.33 Å². The van der Waals surface area contributed by atoms with Crippen molar-refractivity contribution in [3.05, 3.63) is 48.8 Å². The monoisotopic (exact) mass is 268 g/mol. The lowest BCUT2D eigenvalue weighted by molar-refractivity contribution is 0.891. The molecule has 0 radical (unpaired) electrons. The average molecular weight is 268 g/mol. The molecule has 0 aliphatic rings. The van der Waals surface area contributed by atoms with Crippen LogP contribution in [0.3, 0.4) is 0 Å². The molecular formula is C12H12N8. The third-order valence-corrected chi connectivity index (χ3v) is 2.53. The van der Waals surface area contributed by atoms with E-state index in [0.717, 1.165) is 5.69 Å². The molecule has 3 rings (SSSR count). The molecular weight excluding hydrogens is 256 g/mol. The molecule has 0 amide bonds. The maximum atomic E-state index is 5.68. The number of hydrogen-bond donors (Lipinski definition) is 2. The summed E-state index contributed by atoms with van der Waals surface area (Å²) in [5, 5.41) is 3.07. The molecule has 3 aromatic rings. The maximum Gasteiger partial charge on any atom is 0.241 e. The molecule has 0 saturated heterocycles. The molecule has 0 bridgehead atoms. The highest BCUT2D eigenvalue weighted by atomic mass is 15.3. The second-order valence-corrected chi connectivity index (χ2v) is 3.96. The first-order valence-corrected chi connectivity index (χ1v) is 5.95. The molecule has 0 saturated carbocycles. The molecule has 3 heterocycles. The fourth-order valence-electron chi connectivity index (χ4n) is 1.62. The highest BCUT2D eigenvalue weighted by Gasteiger charge is 2.06. The van der Waals surface area contributed by atoms with Crippen LogP contribution in [0.4, 0.5) is 11.9 Å². The van der Waals surface area contributed by atoms with Gasteiger partial charge < -0.3 is 11.1 Å². The fourth-order valence-corrected chi connectivity index (χ4v) is 1.62. The number of pyridine rings is 1. The summed E-state index contributed by atoms with van der Waals surface area (Å²) in [5.74, 6) is 0.956. The molecule has 20 heavy (non-hydrogen) atoms. The number of aromatic nitrogens is 6. The first-order chi connectivity index (χ1) is 9.81. The Bertz CT molecular complexity index is 680. The van der Waals surface area contributed by atoms with E-state index < -0.39 is 0 Å². The number of imidazole rings is 1. The van der Waals surface area contributed by atoms with Gasteiger partial charge in [0.25, 0.3) is 0 Å². The van der Waals surface area contributed by atoms with Crippen LogP contribution >= 0.6 is 0 Å². The highest BCUT2D eigenvalue weighted by Crippen LogP contribution is 2.07. The zero-order valence-corrected chi connectivity index (χ0v) is 10.5. The van der Waals surface area contributed by atoms with Gasteiger partial charge >= 0.3 is 0 Å². The number of nitrogen functional groups attached to an aromatic ring is 1. The smallest absolute Gasteiger partial charge is 0.241 e. The van der Waals surface area contributed by atoms with Gasteiger partial charge in [-0.1, -0.05) is 6.07 Å². The molecule has 0 unspecified atom stereocenters. The molecule has 0 fully saturated rings. The van der Waals surface area contributed by atoms with Crippen LogP contribution in [0.5, 0.6) is 0 Å². The van der Waals surface area contributed by atoms with Crippen molar-refractivity contribution in [3.8, 4) is 5.95 Å². The van der Waals surface area contributed by atoms with Crippen LogP contribution in [-0.4, -0.2) is 29.5 Å². The van der Waals surface area contributed by atoms with E-state index in [0.29, 0.717) is 18.4 Å². The third kappa shape index (κ3) is 2.69. The SMILES string of the molecule is Nc1nc(NCc2ccccn2)nc(-n2ccnc2)n1. The van der Waals surface area contributed by atoms with Crippen LogP contribution in [0.1, 0.15) is 5.69 Å². The van der Waals surface area contributed by atoms with Crippen molar-refractivity contribution in [1.82, 2.24) is 29.5 Å². The molecule has 100 valence electrons. The fraction of sp³-hybridized carbons (Fsp3) is 0.0833. The molecule has 3 N–H and O–H groups in total. The van der Waals surface area contributed by atoms with Gasteiger partial charge in [0.05, 0.1) is 12.2 Å². The minimum absolute atomic E-state index is 0.146. The summed E-state index contributed by atoms with van der Waals surface area (Å²) in [7, 11) is 0. The molecule has 0 spiro atoms. The Labute approximate surface area is 114 Å². The van der Waals surface area contributed by atoms with E-state index in [4.69, 9.17) is 5.73 Å². The highest BCUT2D eigenvalue weighted by molar-refractivity contribution is 5.35. The summed E-state index contributed by atoms with van der Waals surface area (Å²) in [6.45, 7) is 0.508. The molecule has 8 nitrogen and oxygen atoms in total. The lowest BCUT2D eigenvalue weighted by atomic mass is 10.3. The molecule has 0 atom stereocenters. The summed E-state index contributed by atoms with van der Waals surface area (Å²) in [5.41, 5.74) is 6.57. The standard InChI is InChI=1S/C12H12N8/c13-10-17-11(16-7-9-3-1-2-4-15-9)19-12(18-10)20-6-5-14-8-20/h1-6,8H,7H2,(H3,13,16,17,18,19). The quantitative estimate of drug-likeness (QED) is 0.715. The van der Waals surface area contributed by atoms with Gasteiger partial charge in [-0.25, -0.2) is 4.98 Å². The van der Waals surface area contributed by atoms with Crippen LogP contribution in [-0.2, 0) is 6.54 Å². The number of anilines is 2. The van der Waals surface area contributed by atoms with Gasteiger partial charge in [-0.05, 0) is 12.1 Å². The number of rotatable bonds is 4. The summed E-state index contributed by atoms with van der Waals surface area (Å²) < 4.78 is 1.66. The van der Waals surface area contributed by atoms with E-state index >= 15 is 0 Å². The van der Waals surface area contributed by atoms with Crippen LogP contribution < -0.4 is 11.1 Å². The second kappa shape index (κ2) is 5.31. The summed E-state index contributed by atoms with van der Waals surface area (Å²) in [4.78, 5) is 20.5. The Morgan fingerprint density at radius 1 is 1.15 bits per heavy atom. The predicted octanol–water partition coefficient (Wildman–Crippen LogP) is 0.647. The second-order valence-electron chi connectivity index (χ2n) is 3.96. The maximum absolute atomic E-state index is 5.68. The zero-order valence-electron chi connectivity index (χ0n) is 10.5. The minimum atomic E-state index is 0.146. The van der Waals surface area contributed by atoms with Crippen LogP contribution in [0.25, 0.3) is 5.95 Å². The van der Waals surface area contributed by atoms with Crippen LogP contribution in [0, 0.1) is 0 Å².